The molecule has 0 aliphatic heterocycles. The number of aromatic amines is 1. The number of aromatic carboxylic acids is 1. The molecule has 1 amide bonds. The second kappa shape index (κ2) is 8.49. The first kappa shape index (κ1) is 19.5. The van der Waals surface area contributed by atoms with Crippen molar-refractivity contribution in [3.8, 4) is 0 Å². The molecule has 0 unspecified atom stereocenters. The number of carboxylic acid groups (broad SMARTS) is 1. The average Bonchev–Trinajstić information content (AvgIpc) is 2.98. The molecule has 1 radical (unpaired) electrons. The van der Waals surface area contributed by atoms with Gasteiger partial charge in [0.25, 0.3) is 5.56 Å². The van der Waals surface area contributed by atoms with Crippen LogP contribution in [0.4, 0.5) is 5.69 Å². The van der Waals surface area contributed by atoms with E-state index in [1.165, 1.54) is 36.9 Å². The van der Waals surface area contributed by atoms with Crippen molar-refractivity contribution in [1.82, 2.24) is 19.5 Å². The molecular formula is C15H13KN5O4. The van der Waals surface area contributed by atoms with Crippen molar-refractivity contribution < 1.29 is 14.7 Å². The number of benzene rings is 1. The third-order valence-corrected chi connectivity index (χ3v) is 3.40. The van der Waals surface area contributed by atoms with Crippen LogP contribution in [0.2, 0.25) is 0 Å². The zero-order valence-electron chi connectivity index (χ0n) is 13.4. The smallest absolute Gasteiger partial charge is 0.335 e. The number of nitrogens with one attached hydrogen (secondary N) is 2. The predicted molar refractivity (Wildman–Crippen MR) is 90.6 cm³/mol. The number of H-pyrrole nitrogens is 1. The van der Waals surface area contributed by atoms with Crippen molar-refractivity contribution in [1.29, 1.82) is 0 Å². The summed E-state index contributed by atoms with van der Waals surface area (Å²) in [5, 5.41) is 11.5. The number of imidazole rings is 1. The molecule has 0 fully saturated rings. The fourth-order valence-corrected chi connectivity index (χ4v) is 2.20. The van der Waals surface area contributed by atoms with E-state index < -0.39 is 5.97 Å². The Labute approximate surface area is 183 Å². The van der Waals surface area contributed by atoms with Gasteiger partial charge >= 0.3 is 5.97 Å². The molecule has 0 aliphatic rings. The minimum atomic E-state index is -1.03. The van der Waals surface area contributed by atoms with Gasteiger partial charge in [-0.15, -0.1) is 0 Å². The van der Waals surface area contributed by atoms with Crippen molar-refractivity contribution >= 4 is 80.1 Å². The number of carboxylic acids is 1. The second-order valence-corrected chi connectivity index (χ2v) is 5.02. The summed E-state index contributed by atoms with van der Waals surface area (Å²) in [6, 6.07) is 5.87. The van der Waals surface area contributed by atoms with Gasteiger partial charge in [0.2, 0.25) is 5.91 Å². The van der Waals surface area contributed by atoms with Gasteiger partial charge in [0, 0.05) is 70.0 Å². The quantitative estimate of drug-likeness (QED) is 0.563. The van der Waals surface area contributed by atoms with Crippen LogP contribution in [-0.2, 0) is 11.3 Å². The minimum Gasteiger partial charge on any atom is -0.478 e. The van der Waals surface area contributed by atoms with Crippen molar-refractivity contribution in [3.05, 3.63) is 52.8 Å². The molecule has 0 aliphatic carbocycles. The first-order valence-electron chi connectivity index (χ1n) is 7.06. The molecule has 0 spiro atoms. The van der Waals surface area contributed by atoms with E-state index in [0.29, 0.717) is 17.9 Å². The van der Waals surface area contributed by atoms with Gasteiger partial charge in [0.05, 0.1) is 18.2 Å². The minimum absolute atomic E-state index is 0. The first-order valence-corrected chi connectivity index (χ1v) is 7.06. The number of amides is 1. The maximum Gasteiger partial charge on any atom is 0.335 e. The van der Waals surface area contributed by atoms with Crippen LogP contribution in [0.3, 0.4) is 0 Å². The third kappa shape index (κ3) is 4.61. The van der Waals surface area contributed by atoms with E-state index in [4.69, 9.17) is 5.11 Å². The first-order chi connectivity index (χ1) is 11.5. The normalized spacial score (nSPS) is 10.2. The average molecular weight is 366 g/mol. The predicted octanol–water partition coefficient (Wildman–Crippen LogP) is 0.466. The Hall–Kier alpha value is -1.85. The molecule has 2 aromatic heterocycles. The van der Waals surface area contributed by atoms with Crippen molar-refractivity contribution in [2.75, 3.05) is 5.32 Å². The summed E-state index contributed by atoms with van der Waals surface area (Å²) >= 11 is 0. The molecular weight excluding hydrogens is 353 g/mol. The van der Waals surface area contributed by atoms with E-state index in [0.717, 1.165) is 0 Å². The standard InChI is InChI=1S/C15H13N5O4.K/c21-11(19-10-3-1-9(2-4-10)15(23)24)5-6-20-8-18-12-13(20)16-7-17-14(12)22;/h1-4,7-8H,5-6H2,(H,19,21)(H,23,24)(H,16,17,22);. The van der Waals surface area contributed by atoms with Crippen LogP contribution in [0, 0.1) is 0 Å². The number of nitrogens with zero attached hydrogens (tertiary/aromatic N) is 3. The molecule has 3 N–H and O–H groups in total. The van der Waals surface area contributed by atoms with Gasteiger partial charge in [-0.05, 0) is 24.3 Å². The van der Waals surface area contributed by atoms with Crippen LogP contribution >= 0.6 is 0 Å². The number of hydrogen-bond donors (Lipinski definition) is 3. The summed E-state index contributed by atoms with van der Waals surface area (Å²) < 4.78 is 1.62. The van der Waals surface area contributed by atoms with Crippen LogP contribution in [0.25, 0.3) is 11.2 Å². The Kier molecular flexibility index (Phi) is 6.61. The molecule has 0 bridgehead atoms. The summed E-state index contributed by atoms with van der Waals surface area (Å²) in [4.78, 5) is 44.8. The van der Waals surface area contributed by atoms with E-state index >= 15 is 0 Å². The number of hydrogen-bond acceptors (Lipinski definition) is 5. The summed E-state index contributed by atoms with van der Waals surface area (Å²) in [6.45, 7) is 0.312. The molecule has 9 nitrogen and oxygen atoms in total. The molecule has 0 atom stereocenters. The van der Waals surface area contributed by atoms with Gasteiger partial charge in [0.15, 0.2) is 11.2 Å². The number of rotatable bonds is 5. The molecule has 123 valence electrons. The Bertz CT molecular complexity index is 964. The Morgan fingerprint density at radius 1 is 1.20 bits per heavy atom. The van der Waals surface area contributed by atoms with E-state index in [9.17, 15) is 14.4 Å². The van der Waals surface area contributed by atoms with Crippen LogP contribution in [-0.4, -0.2) is 87.9 Å². The van der Waals surface area contributed by atoms with Crippen LogP contribution in [0.15, 0.2) is 41.7 Å². The molecule has 25 heavy (non-hydrogen) atoms. The maximum absolute atomic E-state index is 12.0. The SMILES string of the molecule is O=C(CCn1cnc2c(=O)[nH]cnc21)Nc1ccc(C(=O)O)cc1.[K]. The van der Waals surface area contributed by atoms with Crippen LogP contribution in [0.1, 0.15) is 16.8 Å². The zero-order valence-corrected chi connectivity index (χ0v) is 16.5. The van der Waals surface area contributed by atoms with Gasteiger partial charge in [-0.3, -0.25) is 9.59 Å². The molecule has 10 heteroatoms. The fourth-order valence-electron chi connectivity index (χ4n) is 2.20. The van der Waals surface area contributed by atoms with E-state index in [2.05, 4.69) is 20.3 Å². The Balaban J connectivity index is 0.00000225. The summed E-state index contributed by atoms with van der Waals surface area (Å²) in [5.74, 6) is -1.27. The molecule has 0 saturated heterocycles. The number of anilines is 1. The number of aromatic nitrogens is 4. The van der Waals surface area contributed by atoms with Gasteiger partial charge in [0.1, 0.15) is 0 Å². The van der Waals surface area contributed by atoms with E-state index in [-0.39, 0.29) is 80.4 Å². The second-order valence-electron chi connectivity index (χ2n) is 5.02. The van der Waals surface area contributed by atoms with Crippen LogP contribution in [0.5, 0.6) is 0 Å². The molecule has 3 aromatic rings. The molecule has 1 aromatic carbocycles. The molecule has 0 saturated carbocycles. The summed E-state index contributed by atoms with van der Waals surface area (Å²) in [6.07, 6.45) is 2.90. The zero-order chi connectivity index (χ0) is 17.1. The van der Waals surface area contributed by atoms with Gasteiger partial charge in [-0.25, -0.2) is 14.8 Å². The van der Waals surface area contributed by atoms with Crippen LogP contribution < -0.4 is 10.9 Å². The maximum atomic E-state index is 12.0. The van der Waals surface area contributed by atoms with Gasteiger partial charge in [-0.2, -0.15) is 0 Å². The van der Waals surface area contributed by atoms with Crippen molar-refractivity contribution in [2.45, 2.75) is 13.0 Å². The summed E-state index contributed by atoms with van der Waals surface area (Å²) in [7, 11) is 0. The largest absolute Gasteiger partial charge is 0.478 e. The fraction of sp³-hybridized carbons (Fsp3) is 0.133. The Morgan fingerprint density at radius 3 is 2.60 bits per heavy atom. The number of carbonyl (C=O) groups excluding carboxylic acids is 1. The van der Waals surface area contributed by atoms with Gasteiger partial charge < -0.3 is 20.0 Å². The number of carbonyl (C=O) groups is 2. The van der Waals surface area contributed by atoms with E-state index in [1.807, 2.05) is 0 Å². The number of aryl methyl sites for hydroxylation is 1. The Morgan fingerprint density at radius 2 is 1.92 bits per heavy atom. The van der Waals surface area contributed by atoms with Crippen molar-refractivity contribution in [3.63, 3.8) is 0 Å². The van der Waals surface area contributed by atoms with Gasteiger partial charge in [-0.1, -0.05) is 0 Å². The summed E-state index contributed by atoms with van der Waals surface area (Å²) in [5.41, 5.74) is 0.963. The molecule has 2 heterocycles. The third-order valence-electron chi connectivity index (χ3n) is 3.40. The topological polar surface area (TPSA) is 130 Å². The number of fused-ring (bicyclic) bond motifs is 1. The monoisotopic (exact) mass is 366 g/mol. The van der Waals surface area contributed by atoms with E-state index in [1.54, 1.807) is 4.57 Å². The van der Waals surface area contributed by atoms with Crippen molar-refractivity contribution in [2.24, 2.45) is 0 Å². The molecule has 3 rings (SSSR count).